The van der Waals surface area contributed by atoms with Crippen molar-refractivity contribution < 1.29 is 4.74 Å². The Kier molecular flexibility index (Phi) is 5.16. The molecular formula is C17H22N2O. The maximum atomic E-state index is 5.84. The molecule has 3 N–H and O–H groups in total. The van der Waals surface area contributed by atoms with Gasteiger partial charge in [-0.2, -0.15) is 0 Å². The molecule has 20 heavy (non-hydrogen) atoms. The van der Waals surface area contributed by atoms with E-state index in [2.05, 4.69) is 42.7 Å². The summed E-state index contributed by atoms with van der Waals surface area (Å²) in [6.07, 6.45) is 0.997. The second kappa shape index (κ2) is 7.08. The fourth-order valence-electron chi connectivity index (χ4n) is 2.71. The number of hydrazine groups is 1. The van der Waals surface area contributed by atoms with Gasteiger partial charge in [0, 0.05) is 11.5 Å². The van der Waals surface area contributed by atoms with Crippen LogP contribution in [-0.2, 0) is 0 Å². The Bertz CT molecular complexity index is 528. The molecule has 0 saturated heterocycles. The standard InChI is InChI=1S/C17H22N2O/c1-3-14(13-9-5-4-6-10-13)17(19-18)15-11-7-8-12-16(15)20-2/h4-12,14,17,19H,3,18H2,1-2H3. The topological polar surface area (TPSA) is 47.3 Å². The van der Waals surface area contributed by atoms with Crippen LogP contribution >= 0.6 is 0 Å². The first-order valence-corrected chi connectivity index (χ1v) is 6.95. The Morgan fingerprint density at radius 2 is 1.70 bits per heavy atom. The quantitative estimate of drug-likeness (QED) is 0.625. The monoisotopic (exact) mass is 270 g/mol. The third kappa shape index (κ3) is 3.00. The van der Waals surface area contributed by atoms with Crippen LogP contribution in [-0.4, -0.2) is 7.11 Å². The highest BCUT2D eigenvalue weighted by atomic mass is 16.5. The molecule has 0 radical (unpaired) electrons. The molecule has 2 aromatic carbocycles. The first-order chi connectivity index (χ1) is 9.81. The summed E-state index contributed by atoms with van der Waals surface area (Å²) in [6, 6.07) is 18.5. The predicted molar refractivity (Wildman–Crippen MR) is 82.5 cm³/mol. The maximum absolute atomic E-state index is 5.84. The molecule has 2 rings (SSSR count). The predicted octanol–water partition coefficient (Wildman–Crippen LogP) is 3.39. The second-order valence-electron chi connectivity index (χ2n) is 4.81. The SMILES string of the molecule is CCC(c1ccccc1)C(NN)c1ccccc1OC. The molecule has 0 amide bonds. The van der Waals surface area contributed by atoms with Gasteiger partial charge in [-0.3, -0.25) is 11.3 Å². The van der Waals surface area contributed by atoms with Gasteiger partial charge in [0.15, 0.2) is 0 Å². The molecule has 2 unspecified atom stereocenters. The largest absolute Gasteiger partial charge is 0.496 e. The van der Waals surface area contributed by atoms with Crippen molar-refractivity contribution in [2.75, 3.05) is 7.11 Å². The number of methoxy groups -OCH3 is 1. The lowest BCUT2D eigenvalue weighted by atomic mass is 9.85. The van der Waals surface area contributed by atoms with E-state index in [9.17, 15) is 0 Å². The number of para-hydroxylation sites is 1. The zero-order valence-corrected chi connectivity index (χ0v) is 12.0. The summed E-state index contributed by atoms with van der Waals surface area (Å²) in [6.45, 7) is 2.18. The van der Waals surface area contributed by atoms with Gasteiger partial charge >= 0.3 is 0 Å². The highest BCUT2D eigenvalue weighted by molar-refractivity contribution is 5.38. The van der Waals surface area contributed by atoms with Crippen molar-refractivity contribution in [3.63, 3.8) is 0 Å². The first kappa shape index (κ1) is 14.6. The molecule has 106 valence electrons. The third-order valence-electron chi connectivity index (χ3n) is 3.72. The third-order valence-corrected chi connectivity index (χ3v) is 3.72. The summed E-state index contributed by atoms with van der Waals surface area (Å²) >= 11 is 0. The minimum Gasteiger partial charge on any atom is -0.496 e. The summed E-state index contributed by atoms with van der Waals surface area (Å²) in [5.41, 5.74) is 5.33. The lowest BCUT2D eigenvalue weighted by Crippen LogP contribution is -2.32. The number of ether oxygens (including phenoxy) is 1. The lowest BCUT2D eigenvalue weighted by molar-refractivity contribution is 0.383. The minimum absolute atomic E-state index is 0.0264. The van der Waals surface area contributed by atoms with Gasteiger partial charge in [-0.1, -0.05) is 55.5 Å². The van der Waals surface area contributed by atoms with Gasteiger partial charge in [-0.15, -0.1) is 0 Å². The van der Waals surface area contributed by atoms with Gasteiger partial charge in [0.25, 0.3) is 0 Å². The summed E-state index contributed by atoms with van der Waals surface area (Å²) in [5.74, 6) is 7.01. The first-order valence-electron chi connectivity index (χ1n) is 6.95. The fourth-order valence-corrected chi connectivity index (χ4v) is 2.71. The van der Waals surface area contributed by atoms with E-state index in [1.807, 2.05) is 24.3 Å². The van der Waals surface area contributed by atoms with Crippen LogP contribution in [0.2, 0.25) is 0 Å². The van der Waals surface area contributed by atoms with Crippen LogP contribution in [0, 0.1) is 0 Å². The van der Waals surface area contributed by atoms with Crippen LogP contribution in [0.3, 0.4) is 0 Å². The molecule has 0 bridgehead atoms. The van der Waals surface area contributed by atoms with Crippen molar-refractivity contribution in [1.82, 2.24) is 5.43 Å². The van der Waals surface area contributed by atoms with Crippen LogP contribution in [0.25, 0.3) is 0 Å². The molecule has 0 spiro atoms. The van der Waals surface area contributed by atoms with E-state index >= 15 is 0 Å². The van der Waals surface area contributed by atoms with Gasteiger partial charge in [-0.25, -0.2) is 0 Å². The van der Waals surface area contributed by atoms with Crippen LogP contribution in [0.1, 0.15) is 36.4 Å². The number of nitrogens with two attached hydrogens (primary N) is 1. The average molecular weight is 270 g/mol. The van der Waals surface area contributed by atoms with Crippen LogP contribution in [0.5, 0.6) is 5.75 Å². The van der Waals surface area contributed by atoms with Crippen molar-refractivity contribution in [2.24, 2.45) is 5.84 Å². The molecule has 0 heterocycles. The number of hydrogen-bond donors (Lipinski definition) is 2. The van der Waals surface area contributed by atoms with Gasteiger partial charge < -0.3 is 4.74 Å². The van der Waals surface area contributed by atoms with Crippen LogP contribution < -0.4 is 16.0 Å². The molecule has 3 nitrogen and oxygen atoms in total. The summed E-state index contributed by atoms with van der Waals surface area (Å²) < 4.78 is 5.46. The van der Waals surface area contributed by atoms with Crippen molar-refractivity contribution in [2.45, 2.75) is 25.3 Å². The molecule has 0 aliphatic carbocycles. The molecule has 2 aromatic rings. The van der Waals surface area contributed by atoms with Gasteiger partial charge in [0.1, 0.15) is 5.75 Å². The summed E-state index contributed by atoms with van der Waals surface area (Å²) in [4.78, 5) is 0. The van der Waals surface area contributed by atoms with Gasteiger partial charge in [-0.05, 0) is 18.1 Å². The molecule has 3 heteroatoms. The van der Waals surface area contributed by atoms with E-state index in [4.69, 9.17) is 10.6 Å². The minimum atomic E-state index is 0.0264. The van der Waals surface area contributed by atoms with Gasteiger partial charge in [0.05, 0.1) is 13.2 Å². The zero-order chi connectivity index (χ0) is 14.4. The number of rotatable bonds is 6. The molecule has 0 aromatic heterocycles. The lowest BCUT2D eigenvalue weighted by Gasteiger charge is -2.27. The number of hydrogen-bond acceptors (Lipinski definition) is 3. The second-order valence-corrected chi connectivity index (χ2v) is 4.81. The average Bonchev–Trinajstić information content (AvgIpc) is 2.53. The zero-order valence-electron chi connectivity index (χ0n) is 12.0. The van der Waals surface area contributed by atoms with Crippen molar-refractivity contribution in [3.8, 4) is 5.75 Å². The molecule has 0 fully saturated rings. The highest BCUT2D eigenvalue weighted by Crippen LogP contribution is 2.36. The Hall–Kier alpha value is -1.84. The normalized spacial score (nSPS) is 13.8. The van der Waals surface area contributed by atoms with Crippen molar-refractivity contribution in [3.05, 3.63) is 65.7 Å². The Morgan fingerprint density at radius 3 is 2.30 bits per heavy atom. The van der Waals surface area contributed by atoms with Crippen LogP contribution in [0.4, 0.5) is 0 Å². The molecule has 0 aliphatic rings. The van der Waals surface area contributed by atoms with E-state index in [1.165, 1.54) is 5.56 Å². The summed E-state index contributed by atoms with van der Waals surface area (Å²) in [7, 11) is 1.69. The molecule has 0 aliphatic heterocycles. The van der Waals surface area contributed by atoms with E-state index in [-0.39, 0.29) is 6.04 Å². The highest BCUT2D eigenvalue weighted by Gasteiger charge is 2.24. The van der Waals surface area contributed by atoms with E-state index in [0.29, 0.717) is 5.92 Å². The molecular weight excluding hydrogens is 248 g/mol. The van der Waals surface area contributed by atoms with Gasteiger partial charge in [0.2, 0.25) is 0 Å². The maximum Gasteiger partial charge on any atom is 0.123 e. The number of benzene rings is 2. The van der Waals surface area contributed by atoms with E-state index in [1.54, 1.807) is 7.11 Å². The summed E-state index contributed by atoms with van der Waals surface area (Å²) in [5, 5.41) is 0. The Balaban J connectivity index is 2.39. The van der Waals surface area contributed by atoms with Crippen LogP contribution in [0.15, 0.2) is 54.6 Å². The fraction of sp³-hybridized carbons (Fsp3) is 0.294. The number of nitrogens with one attached hydrogen (secondary N) is 1. The van der Waals surface area contributed by atoms with E-state index in [0.717, 1.165) is 17.7 Å². The van der Waals surface area contributed by atoms with E-state index < -0.39 is 0 Å². The smallest absolute Gasteiger partial charge is 0.123 e. The van der Waals surface area contributed by atoms with Crippen molar-refractivity contribution in [1.29, 1.82) is 0 Å². The Morgan fingerprint density at radius 1 is 1.05 bits per heavy atom. The molecule has 0 saturated carbocycles. The Labute approximate surface area is 120 Å². The molecule has 2 atom stereocenters. The van der Waals surface area contributed by atoms with Crippen molar-refractivity contribution >= 4 is 0 Å².